The van der Waals surface area contributed by atoms with Crippen LogP contribution in [-0.2, 0) is 0 Å². The minimum atomic E-state index is 0.0655. The predicted molar refractivity (Wildman–Crippen MR) is 178 cm³/mol. The summed E-state index contributed by atoms with van der Waals surface area (Å²) in [5, 5.41) is 3.56. The second kappa shape index (κ2) is 9.85. The lowest BCUT2D eigenvalue weighted by molar-refractivity contribution is 0.101. The summed E-state index contributed by atoms with van der Waals surface area (Å²) in [6.07, 6.45) is 0. The maximum atomic E-state index is 12.7. The van der Waals surface area contributed by atoms with Crippen LogP contribution in [0.25, 0.3) is 60.7 Å². The molecule has 0 bridgehead atoms. The third-order valence-corrected chi connectivity index (χ3v) is 8.54. The Hall–Kier alpha value is -4.95. The highest BCUT2D eigenvalue weighted by Gasteiger charge is 2.24. The van der Waals surface area contributed by atoms with Crippen LogP contribution >= 0.6 is 0 Å². The number of pyridine rings is 1. The van der Waals surface area contributed by atoms with Gasteiger partial charge in [-0.3, -0.25) is 4.79 Å². The van der Waals surface area contributed by atoms with Crippen LogP contribution in [0.5, 0.6) is 0 Å². The summed E-state index contributed by atoms with van der Waals surface area (Å²) in [4.78, 5) is 12.7. The molecule has 0 aliphatic heterocycles. The average molecular weight is 544 g/mol. The van der Waals surface area contributed by atoms with Crippen molar-refractivity contribution in [1.29, 1.82) is 0 Å². The van der Waals surface area contributed by atoms with Crippen LogP contribution in [0, 0.1) is 27.7 Å². The highest BCUT2D eigenvalue weighted by molar-refractivity contribution is 6.20. The van der Waals surface area contributed by atoms with E-state index in [1.807, 2.05) is 6.07 Å². The Bertz CT molecular complexity index is 2160. The number of aromatic nitrogens is 1. The van der Waals surface area contributed by atoms with Gasteiger partial charge in [-0.1, -0.05) is 125 Å². The van der Waals surface area contributed by atoms with Gasteiger partial charge in [0, 0.05) is 27.5 Å². The number of nitrogens with zero attached hydrogens (tertiary/aromatic N) is 1. The molecule has 0 radical (unpaired) electrons. The molecule has 0 N–H and O–H groups in total. The van der Waals surface area contributed by atoms with Gasteiger partial charge in [-0.15, -0.1) is 0 Å². The van der Waals surface area contributed by atoms with E-state index in [2.05, 4.69) is 135 Å². The number of carbonyl (C=O) groups is 1. The van der Waals surface area contributed by atoms with Gasteiger partial charge in [-0.05, 0) is 62.8 Å². The lowest BCUT2D eigenvalue weighted by Crippen LogP contribution is -2.00. The molecule has 0 fully saturated rings. The summed E-state index contributed by atoms with van der Waals surface area (Å²) in [6.45, 7) is 10.2. The molecule has 0 atom stereocenters. The van der Waals surface area contributed by atoms with Crippen LogP contribution in [0.3, 0.4) is 0 Å². The van der Waals surface area contributed by atoms with Crippen molar-refractivity contribution in [3.8, 4) is 33.5 Å². The fourth-order valence-electron chi connectivity index (χ4n) is 6.31. The number of Topliss-reactive ketones (excluding diaryl/α,β-unsaturated/α-hetero) is 1. The van der Waals surface area contributed by atoms with Gasteiger partial charge < -0.3 is 4.40 Å². The van der Waals surface area contributed by atoms with Gasteiger partial charge in [0.15, 0.2) is 5.78 Å². The molecular formula is C40H33NO. The average Bonchev–Trinajstić information content (AvgIpc) is 3.32. The molecule has 0 unspecified atom stereocenters. The van der Waals surface area contributed by atoms with Gasteiger partial charge in [0.2, 0.25) is 0 Å². The number of hydrogen-bond acceptors (Lipinski definition) is 1. The van der Waals surface area contributed by atoms with E-state index in [9.17, 15) is 4.79 Å². The number of aryl methyl sites for hydroxylation is 4. The predicted octanol–water partition coefficient (Wildman–Crippen LogP) is 10.7. The molecule has 2 heterocycles. The summed E-state index contributed by atoms with van der Waals surface area (Å²) in [6, 6.07) is 39.5. The first-order valence-corrected chi connectivity index (χ1v) is 14.6. The van der Waals surface area contributed by atoms with Gasteiger partial charge >= 0.3 is 0 Å². The van der Waals surface area contributed by atoms with E-state index in [1.165, 1.54) is 55.3 Å². The standard InChI is InChI=1S/C40H33NO/c1-24-6-13-29(14-7-24)37-34-21-19-32(28(5)42)23-36(34)41-39(31-17-10-26(3)11-18-31)38(30-15-8-25(2)9-16-30)35-22-27(4)12-20-33(35)40(37)41/h6-23H,1-5H3. The number of fused-ring (bicyclic) bond motifs is 5. The van der Waals surface area contributed by atoms with E-state index in [1.54, 1.807) is 6.92 Å². The number of benzene rings is 5. The van der Waals surface area contributed by atoms with Crippen molar-refractivity contribution in [2.24, 2.45) is 0 Å². The number of hydrogen-bond donors (Lipinski definition) is 0. The van der Waals surface area contributed by atoms with E-state index in [-0.39, 0.29) is 5.78 Å². The molecule has 7 aromatic rings. The van der Waals surface area contributed by atoms with Crippen LogP contribution in [-0.4, -0.2) is 10.2 Å². The Morgan fingerprint density at radius 3 is 1.57 bits per heavy atom. The molecule has 0 saturated heterocycles. The van der Waals surface area contributed by atoms with Crippen LogP contribution in [0.2, 0.25) is 0 Å². The zero-order valence-electron chi connectivity index (χ0n) is 24.7. The van der Waals surface area contributed by atoms with Crippen molar-refractivity contribution in [3.63, 3.8) is 0 Å². The minimum absolute atomic E-state index is 0.0655. The van der Waals surface area contributed by atoms with E-state index in [0.717, 1.165) is 27.7 Å². The first kappa shape index (κ1) is 26.0. The smallest absolute Gasteiger partial charge is 0.159 e. The van der Waals surface area contributed by atoms with Crippen molar-refractivity contribution in [3.05, 3.63) is 137 Å². The summed E-state index contributed by atoms with van der Waals surface area (Å²) in [5.41, 5.74) is 14.8. The van der Waals surface area contributed by atoms with E-state index in [0.29, 0.717) is 5.56 Å². The van der Waals surface area contributed by atoms with Gasteiger partial charge in [-0.25, -0.2) is 0 Å². The topological polar surface area (TPSA) is 21.5 Å². The maximum Gasteiger partial charge on any atom is 0.159 e. The van der Waals surface area contributed by atoms with Crippen LogP contribution in [0.15, 0.2) is 109 Å². The summed E-state index contributed by atoms with van der Waals surface area (Å²) < 4.78 is 2.43. The first-order valence-electron chi connectivity index (χ1n) is 14.6. The third kappa shape index (κ3) is 4.14. The Morgan fingerprint density at radius 2 is 1.00 bits per heavy atom. The number of rotatable bonds is 4. The summed E-state index contributed by atoms with van der Waals surface area (Å²) >= 11 is 0. The highest BCUT2D eigenvalue weighted by Crippen LogP contribution is 2.47. The maximum absolute atomic E-state index is 12.7. The quantitative estimate of drug-likeness (QED) is 0.202. The molecular weight excluding hydrogens is 510 g/mol. The molecule has 0 spiro atoms. The monoisotopic (exact) mass is 543 g/mol. The Balaban J connectivity index is 1.81. The highest BCUT2D eigenvalue weighted by atomic mass is 16.1. The SMILES string of the molecule is CC(=O)c1ccc2c(-c3ccc(C)cc3)c3c4ccc(C)cc4c(-c4ccc(C)cc4)c(-c4ccc(C)cc4)n3c2c1. The first-order chi connectivity index (χ1) is 20.3. The van der Waals surface area contributed by atoms with E-state index >= 15 is 0 Å². The molecule has 2 aromatic heterocycles. The Morgan fingerprint density at radius 1 is 0.500 bits per heavy atom. The molecule has 5 aromatic carbocycles. The van der Waals surface area contributed by atoms with E-state index < -0.39 is 0 Å². The van der Waals surface area contributed by atoms with Crippen LogP contribution < -0.4 is 0 Å². The van der Waals surface area contributed by atoms with Crippen LogP contribution in [0.1, 0.15) is 39.5 Å². The summed E-state index contributed by atoms with van der Waals surface area (Å²) in [7, 11) is 0. The van der Waals surface area contributed by atoms with Crippen molar-refractivity contribution < 1.29 is 4.79 Å². The Kier molecular flexibility index (Phi) is 6.09. The van der Waals surface area contributed by atoms with Crippen molar-refractivity contribution in [2.75, 3.05) is 0 Å². The lowest BCUT2D eigenvalue weighted by Gasteiger charge is -2.20. The molecule has 204 valence electrons. The Labute approximate surface area is 246 Å². The second-order valence-corrected chi connectivity index (χ2v) is 11.7. The zero-order chi connectivity index (χ0) is 29.1. The lowest BCUT2D eigenvalue weighted by atomic mass is 9.90. The molecule has 2 nitrogen and oxygen atoms in total. The number of ketones is 1. The van der Waals surface area contributed by atoms with Gasteiger partial charge in [0.1, 0.15) is 0 Å². The van der Waals surface area contributed by atoms with Crippen molar-refractivity contribution >= 4 is 33.0 Å². The van der Waals surface area contributed by atoms with Gasteiger partial charge in [0.05, 0.1) is 16.7 Å². The third-order valence-electron chi connectivity index (χ3n) is 8.54. The fourth-order valence-corrected chi connectivity index (χ4v) is 6.31. The van der Waals surface area contributed by atoms with Gasteiger partial charge in [0.25, 0.3) is 0 Å². The molecule has 0 aliphatic rings. The van der Waals surface area contributed by atoms with Gasteiger partial charge in [-0.2, -0.15) is 0 Å². The second-order valence-electron chi connectivity index (χ2n) is 11.7. The number of carbonyl (C=O) groups excluding carboxylic acids is 1. The molecule has 7 rings (SSSR count). The molecule has 42 heavy (non-hydrogen) atoms. The minimum Gasteiger partial charge on any atom is -0.307 e. The molecule has 0 amide bonds. The largest absolute Gasteiger partial charge is 0.307 e. The normalized spacial score (nSPS) is 11.5. The fraction of sp³-hybridized carbons (Fsp3) is 0.125. The van der Waals surface area contributed by atoms with Crippen molar-refractivity contribution in [1.82, 2.24) is 4.40 Å². The molecule has 0 aliphatic carbocycles. The summed E-state index contributed by atoms with van der Waals surface area (Å²) in [5.74, 6) is 0.0655. The van der Waals surface area contributed by atoms with Crippen molar-refractivity contribution in [2.45, 2.75) is 34.6 Å². The molecule has 0 saturated carbocycles. The molecule has 2 heteroatoms. The zero-order valence-corrected chi connectivity index (χ0v) is 24.7. The van der Waals surface area contributed by atoms with Crippen LogP contribution in [0.4, 0.5) is 0 Å². The van der Waals surface area contributed by atoms with E-state index in [4.69, 9.17) is 0 Å².